The van der Waals surface area contributed by atoms with E-state index >= 15 is 0 Å². The minimum absolute atomic E-state index is 0.0335. The summed E-state index contributed by atoms with van der Waals surface area (Å²) >= 11 is 0. The van der Waals surface area contributed by atoms with Gasteiger partial charge in [-0.25, -0.2) is 0 Å². The Morgan fingerprint density at radius 3 is 2.27 bits per heavy atom. The summed E-state index contributed by atoms with van der Waals surface area (Å²) < 4.78 is 0. The van der Waals surface area contributed by atoms with E-state index in [4.69, 9.17) is 0 Å². The number of nitrogens with one attached hydrogen (secondary N) is 3. The smallest absolute Gasteiger partial charge is 0.251 e. The lowest BCUT2D eigenvalue weighted by atomic mass is 9.53. The van der Waals surface area contributed by atoms with E-state index in [1.165, 1.54) is 19.3 Å². The van der Waals surface area contributed by atoms with Gasteiger partial charge in [0.15, 0.2) is 0 Å². The van der Waals surface area contributed by atoms with Crippen LogP contribution in [0, 0.1) is 17.8 Å². The van der Waals surface area contributed by atoms with E-state index in [9.17, 15) is 9.59 Å². The van der Waals surface area contributed by atoms with Crippen LogP contribution in [0.1, 0.15) is 55.8 Å². The molecule has 4 saturated carbocycles. The van der Waals surface area contributed by atoms with Crippen LogP contribution in [0.5, 0.6) is 0 Å². The summed E-state index contributed by atoms with van der Waals surface area (Å²) in [6.45, 7) is 1.89. The summed E-state index contributed by atoms with van der Waals surface area (Å²) in [5.74, 6) is 2.38. The Morgan fingerprint density at radius 1 is 1.08 bits per heavy atom. The standard InChI is InChI=1S/C21H29N3O2/c1-13(23-18-5-3-4-17(9-18)20(26)22-2)19(25)24-21-10-14-6-15(11-21)8-16(7-14)12-21/h3-5,9,13-16,23H,6-8,10-12H2,1-2H3,(H,22,26)(H,24,25). The Labute approximate surface area is 155 Å². The van der Waals surface area contributed by atoms with Crippen molar-refractivity contribution in [1.82, 2.24) is 10.6 Å². The molecule has 1 atom stereocenters. The maximum Gasteiger partial charge on any atom is 0.251 e. The molecule has 0 saturated heterocycles. The van der Waals surface area contributed by atoms with E-state index < -0.39 is 0 Å². The van der Waals surface area contributed by atoms with Crippen LogP contribution in [0.3, 0.4) is 0 Å². The maximum absolute atomic E-state index is 12.9. The number of anilines is 1. The first kappa shape index (κ1) is 17.4. The Hall–Kier alpha value is -2.04. The fraction of sp³-hybridized carbons (Fsp3) is 0.619. The Balaban J connectivity index is 1.40. The summed E-state index contributed by atoms with van der Waals surface area (Å²) in [4.78, 5) is 24.6. The summed E-state index contributed by atoms with van der Waals surface area (Å²) in [5, 5.41) is 9.29. The highest BCUT2D eigenvalue weighted by atomic mass is 16.2. The average molecular weight is 355 g/mol. The average Bonchev–Trinajstić information content (AvgIpc) is 2.59. The third kappa shape index (κ3) is 3.31. The second-order valence-electron chi connectivity index (χ2n) is 8.71. The van der Waals surface area contributed by atoms with Crippen molar-refractivity contribution in [2.24, 2.45) is 17.8 Å². The lowest BCUT2D eigenvalue weighted by Crippen LogP contribution is -2.61. The zero-order valence-corrected chi connectivity index (χ0v) is 15.7. The molecule has 2 amide bonds. The highest BCUT2D eigenvalue weighted by Crippen LogP contribution is 2.55. The second kappa shape index (κ2) is 6.60. The molecule has 0 aliphatic heterocycles. The van der Waals surface area contributed by atoms with Crippen LogP contribution in [0.4, 0.5) is 5.69 Å². The van der Waals surface area contributed by atoms with Gasteiger partial charge in [-0.1, -0.05) is 6.07 Å². The number of carbonyl (C=O) groups excluding carboxylic acids is 2. The van der Waals surface area contributed by atoms with Gasteiger partial charge < -0.3 is 16.0 Å². The highest BCUT2D eigenvalue weighted by molar-refractivity contribution is 5.95. The lowest BCUT2D eigenvalue weighted by molar-refractivity contribution is -0.127. The van der Waals surface area contributed by atoms with Crippen LogP contribution in [0.2, 0.25) is 0 Å². The largest absolute Gasteiger partial charge is 0.374 e. The van der Waals surface area contributed by atoms with Crippen molar-refractivity contribution in [3.05, 3.63) is 29.8 Å². The van der Waals surface area contributed by atoms with Crippen molar-refractivity contribution in [1.29, 1.82) is 0 Å². The highest BCUT2D eigenvalue weighted by Gasteiger charge is 2.51. The molecule has 4 fully saturated rings. The van der Waals surface area contributed by atoms with Gasteiger partial charge in [-0.15, -0.1) is 0 Å². The SMILES string of the molecule is CNC(=O)c1cccc(NC(C)C(=O)NC23CC4CC(CC(C4)C2)C3)c1. The first-order chi connectivity index (χ1) is 12.5. The molecule has 0 aromatic heterocycles. The van der Waals surface area contributed by atoms with Gasteiger partial charge in [-0.05, 0) is 81.4 Å². The number of benzene rings is 1. The van der Waals surface area contributed by atoms with Gasteiger partial charge in [0.1, 0.15) is 6.04 Å². The van der Waals surface area contributed by atoms with Gasteiger partial charge in [0.2, 0.25) is 5.91 Å². The van der Waals surface area contributed by atoms with E-state index in [0.717, 1.165) is 42.7 Å². The van der Waals surface area contributed by atoms with Crippen molar-refractivity contribution in [3.63, 3.8) is 0 Å². The minimum atomic E-state index is -0.331. The molecular formula is C21H29N3O2. The fourth-order valence-electron chi connectivity index (χ4n) is 5.84. The molecule has 4 bridgehead atoms. The maximum atomic E-state index is 12.9. The summed E-state index contributed by atoms with van der Waals surface area (Å²) in [6, 6.07) is 6.94. The van der Waals surface area contributed by atoms with E-state index in [0.29, 0.717) is 5.56 Å². The molecule has 4 aliphatic rings. The fourth-order valence-corrected chi connectivity index (χ4v) is 5.84. The van der Waals surface area contributed by atoms with Crippen LogP contribution >= 0.6 is 0 Å². The van der Waals surface area contributed by atoms with Crippen molar-refractivity contribution in [2.75, 3.05) is 12.4 Å². The van der Waals surface area contributed by atoms with Crippen LogP contribution in [0.15, 0.2) is 24.3 Å². The molecule has 5 nitrogen and oxygen atoms in total. The first-order valence-corrected chi connectivity index (χ1v) is 9.87. The molecule has 26 heavy (non-hydrogen) atoms. The van der Waals surface area contributed by atoms with Crippen molar-refractivity contribution < 1.29 is 9.59 Å². The van der Waals surface area contributed by atoms with Gasteiger partial charge in [0, 0.05) is 23.8 Å². The molecule has 5 rings (SSSR count). The molecule has 140 valence electrons. The zero-order chi connectivity index (χ0) is 18.3. The molecule has 3 N–H and O–H groups in total. The van der Waals surface area contributed by atoms with E-state index in [1.54, 1.807) is 19.2 Å². The summed E-state index contributed by atoms with van der Waals surface area (Å²) in [5.41, 5.74) is 1.41. The zero-order valence-electron chi connectivity index (χ0n) is 15.7. The quantitative estimate of drug-likeness (QED) is 0.760. The van der Waals surface area contributed by atoms with Crippen LogP contribution in [-0.4, -0.2) is 30.4 Å². The van der Waals surface area contributed by atoms with Crippen molar-refractivity contribution in [3.8, 4) is 0 Å². The third-order valence-electron chi connectivity index (χ3n) is 6.55. The number of hydrogen-bond acceptors (Lipinski definition) is 3. The van der Waals surface area contributed by atoms with Crippen LogP contribution in [-0.2, 0) is 4.79 Å². The number of hydrogen-bond donors (Lipinski definition) is 3. The topological polar surface area (TPSA) is 70.2 Å². The molecule has 0 spiro atoms. The van der Waals surface area contributed by atoms with Crippen LogP contribution in [0.25, 0.3) is 0 Å². The first-order valence-electron chi connectivity index (χ1n) is 9.87. The second-order valence-corrected chi connectivity index (χ2v) is 8.71. The number of carbonyl (C=O) groups is 2. The third-order valence-corrected chi connectivity index (χ3v) is 6.55. The summed E-state index contributed by atoms with van der Waals surface area (Å²) in [7, 11) is 1.62. The van der Waals surface area contributed by atoms with Crippen molar-refractivity contribution in [2.45, 2.75) is 57.0 Å². The molecule has 1 aromatic carbocycles. The Bertz CT molecular complexity index is 680. The molecular weight excluding hydrogens is 326 g/mol. The predicted molar refractivity (Wildman–Crippen MR) is 102 cm³/mol. The van der Waals surface area contributed by atoms with Crippen LogP contribution < -0.4 is 16.0 Å². The molecule has 0 heterocycles. The Kier molecular flexibility index (Phi) is 4.41. The minimum Gasteiger partial charge on any atom is -0.374 e. The van der Waals surface area contributed by atoms with Gasteiger partial charge >= 0.3 is 0 Å². The molecule has 5 heteroatoms. The lowest BCUT2D eigenvalue weighted by Gasteiger charge is -2.57. The number of rotatable bonds is 5. The molecule has 4 aliphatic carbocycles. The predicted octanol–water partition coefficient (Wildman–Crippen LogP) is 2.93. The monoisotopic (exact) mass is 355 g/mol. The Morgan fingerprint density at radius 2 is 1.69 bits per heavy atom. The van der Waals surface area contributed by atoms with E-state index in [-0.39, 0.29) is 23.4 Å². The summed E-state index contributed by atoms with van der Waals surface area (Å²) in [6.07, 6.45) is 7.58. The van der Waals surface area contributed by atoms with Gasteiger partial charge in [-0.3, -0.25) is 9.59 Å². The van der Waals surface area contributed by atoms with Gasteiger partial charge in [0.05, 0.1) is 0 Å². The number of amides is 2. The van der Waals surface area contributed by atoms with Crippen molar-refractivity contribution >= 4 is 17.5 Å². The van der Waals surface area contributed by atoms with E-state index in [2.05, 4.69) is 16.0 Å². The molecule has 1 aromatic rings. The normalized spacial score (nSPS) is 32.8. The molecule has 1 unspecified atom stereocenters. The van der Waals surface area contributed by atoms with Gasteiger partial charge in [-0.2, -0.15) is 0 Å². The van der Waals surface area contributed by atoms with E-state index in [1.807, 2.05) is 19.1 Å². The molecule has 0 radical (unpaired) electrons. The van der Waals surface area contributed by atoms with Gasteiger partial charge in [0.25, 0.3) is 5.91 Å².